The van der Waals surface area contributed by atoms with Gasteiger partial charge in [0.15, 0.2) is 0 Å². The highest BCUT2D eigenvalue weighted by molar-refractivity contribution is 5.87. The Morgan fingerprint density at radius 2 is 1.95 bits per heavy atom. The van der Waals surface area contributed by atoms with E-state index in [4.69, 9.17) is 14.2 Å². The second-order valence-corrected chi connectivity index (χ2v) is 4.50. The van der Waals surface area contributed by atoms with Gasteiger partial charge in [-0.05, 0) is 20.3 Å². The fourth-order valence-electron chi connectivity index (χ4n) is 1.42. The fourth-order valence-corrected chi connectivity index (χ4v) is 1.42. The molecule has 0 aliphatic rings. The zero-order valence-corrected chi connectivity index (χ0v) is 12.1. The maximum atomic E-state index is 11.8. The predicted molar refractivity (Wildman–Crippen MR) is 70.2 cm³/mol. The average molecular weight is 284 g/mol. The van der Waals surface area contributed by atoms with Gasteiger partial charge in [0.1, 0.15) is 11.5 Å². The van der Waals surface area contributed by atoms with E-state index >= 15 is 0 Å². The third kappa shape index (κ3) is 5.29. The lowest BCUT2D eigenvalue weighted by molar-refractivity contribution is -0.0868. The smallest absolute Gasteiger partial charge is 0.431 e. The number of ether oxygens (including phenoxy) is 3. The molecule has 0 saturated carbocycles. The quantitative estimate of drug-likeness (QED) is 0.637. The van der Waals surface area contributed by atoms with Crippen molar-refractivity contribution >= 4 is 12.1 Å². The number of imidazole rings is 1. The molecule has 0 saturated heterocycles. The summed E-state index contributed by atoms with van der Waals surface area (Å²) >= 11 is 0. The molecule has 1 N–H and O–H groups in total. The Labute approximate surface area is 117 Å². The van der Waals surface area contributed by atoms with Crippen molar-refractivity contribution in [3.63, 3.8) is 0 Å². The highest BCUT2D eigenvalue weighted by Crippen LogP contribution is 2.06. The van der Waals surface area contributed by atoms with E-state index in [-0.39, 0.29) is 11.8 Å². The third-order valence-corrected chi connectivity index (χ3v) is 2.20. The number of hydrogen-bond acceptors (Lipinski definition) is 6. The number of esters is 1. The number of aromatic amines is 1. The first kappa shape index (κ1) is 16.0. The van der Waals surface area contributed by atoms with Crippen molar-refractivity contribution in [3.8, 4) is 0 Å². The molecule has 112 valence electrons. The van der Waals surface area contributed by atoms with Crippen molar-refractivity contribution in [2.75, 3.05) is 0 Å². The van der Waals surface area contributed by atoms with Gasteiger partial charge in [0.05, 0.1) is 12.3 Å². The van der Waals surface area contributed by atoms with Crippen LogP contribution in [0.1, 0.15) is 50.4 Å². The lowest BCUT2D eigenvalue weighted by Gasteiger charge is -2.14. The summed E-state index contributed by atoms with van der Waals surface area (Å²) in [6.45, 7) is 6.83. The molecular formula is C13H20N2O5. The molecule has 0 radical (unpaired) electrons. The van der Waals surface area contributed by atoms with Crippen molar-refractivity contribution in [1.29, 1.82) is 0 Å². The molecule has 1 aromatic rings. The van der Waals surface area contributed by atoms with Crippen molar-refractivity contribution in [2.24, 2.45) is 0 Å². The topological polar surface area (TPSA) is 90.5 Å². The van der Waals surface area contributed by atoms with Crippen LogP contribution in [0.4, 0.5) is 4.79 Å². The van der Waals surface area contributed by atoms with Crippen molar-refractivity contribution < 1.29 is 23.8 Å². The van der Waals surface area contributed by atoms with Gasteiger partial charge in [0.2, 0.25) is 6.29 Å². The van der Waals surface area contributed by atoms with E-state index in [1.807, 2.05) is 6.92 Å². The third-order valence-electron chi connectivity index (χ3n) is 2.20. The Morgan fingerprint density at radius 3 is 2.55 bits per heavy atom. The van der Waals surface area contributed by atoms with E-state index in [9.17, 15) is 9.59 Å². The van der Waals surface area contributed by atoms with Crippen LogP contribution in [0, 0.1) is 0 Å². The normalized spacial score (nSPS) is 12.1. The van der Waals surface area contributed by atoms with Crippen LogP contribution in [0.2, 0.25) is 0 Å². The zero-order chi connectivity index (χ0) is 15.1. The molecule has 0 aromatic carbocycles. The molecule has 1 rings (SSSR count). The number of nitrogens with zero attached hydrogens (tertiary/aromatic N) is 1. The van der Waals surface area contributed by atoms with Crippen molar-refractivity contribution in [3.05, 3.63) is 17.7 Å². The number of rotatable bonds is 6. The van der Waals surface area contributed by atoms with Gasteiger partial charge in [0, 0.05) is 13.3 Å². The molecule has 7 nitrogen and oxygen atoms in total. The molecule has 0 aliphatic carbocycles. The van der Waals surface area contributed by atoms with Crippen LogP contribution in [0.25, 0.3) is 0 Å². The minimum absolute atomic E-state index is 0.223. The molecule has 0 amide bonds. The number of H-pyrrole nitrogens is 1. The van der Waals surface area contributed by atoms with Crippen LogP contribution in [0.15, 0.2) is 6.20 Å². The highest BCUT2D eigenvalue weighted by atomic mass is 16.8. The first-order valence-corrected chi connectivity index (χ1v) is 6.54. The van der Waals surface area contributed by atoms with E-state index in [1.165, 1.54) is 13.1 Å². The summed E-state index contributed by atoms with van der Waals surface area (Å²) in [6, 6.07) is 0. The van der Waals surface area contributed by atoms with Crippen molar-refractivity contribution in [1.82, 2.24) is 9.97 Å². The Kier molecular flexibility index (Phi) is 6.02. The van der Waals surface area contributed by atoms with E-state index in [0.717, 1.165) is 12.8 Å². The van der Waals surface area contributed by atoms with Crippen LogP contribution >= 0.6 is 0 Å². The average Bonchev–Trinajstić information content (AvgIpc) is 2.76. The number of hydrogen-bond donors (Lipinski definition) is 1. The summed E-state index contributed by atoms with van der Waals surface area (Å²) < 4.78 is 14.5. The van der Waals surface area contributed by atoms with Crippen molar-refractivity contribution in [2.45, 2.75) is 52.9 Å². The van der Waals surface area contributed by atoms with Gasteiger partial charge in [-0.25, -0.2) is 14.6 Å². The molecule has 1 unspecified atom stereocenters. The number of aromatic nitrogens is 2. The second-order valence-electron chi connectivity index (χ2n) is 4.50. The zero-order valence-electron chi connectivity index (χ0n) is 12.1. The van der Waals surface area contributed by atoms with Crippen LogP contribution < -0.4 is 0 Å². The van der Waals surface area contributed by atoms with Crippen LogP contribution in [0.5, 0.6) is 0 Å². The summed E-state index contributed by atoms with van der Waals surface area (Å²) in [5.74, 6) is 0.0805. The summed E-state index contributed by atoms with van der Waals surface area (Å²) in [5.41, 5.74) is 0.223. The molecule has 1 heterocycles. The van der Waals surface area contributed by atoms with E-state index in [2.05, 4.69) is 9.97 Å². The van der Waals surface area contributed by atoms with Gasteiger partial charge in [-0.2, -0.15) is 0 Å². The van der Waals surface area contributed by atoms with E-state index in [0.29, 0.717) is 5.82 Å². The summed E-state index contributed by atoms with van der Waals surface area (Å²) in [7, 11) is 0. The minimum Gasteiger partial charge on any atom is -0.431 e. The maximum absolute atomic E-state index is 11.8. The largest absolute Gasteiger partial charge is 0.511 e. The molecule has 0 aliphatic heterocycles. The molecule has 7 heteroatoms. The van der Waals surface area contributed by atoms with Crippen LogP contribution in [-0.4, -0.2) is 34.5 Å². The number of nitrogens with one attached hydrogen (secondary N) is 1. The monoisotopic (exact) mass is 284 g/mol. The minimum atomic E-state index is -1.04. The van der Waals surface area contributed by atoms with E-state index in [1.54, 1.807) is 13.8 Å². The van der Waals surface area contributed by atoms with Gasteiger partial charge < -0.3 is 19.2 Å². The van der Waals surface area contributed by atoms with Gasteiger partial charge in [-0.1, -0.05) is 6.92 Å². The Morgan fingerprint density at radius 1 is 1.25 bits per heavy atom. The first-order chi connectivity index (χ1) is 9.42. The first-order valence-electron chi connectivity index (χ1n) is 6.54. The summed E-state index contributed by atoms with van der Waals surface area (Å²) in [5, 5.41) is 0. The second kappa shape index (κ2) is 7.52. The van der Waals surface area contributed by atoms with Gasteiger partial charge >= 0.3 is 12.1 Å². The SMILES string of the molecule is CCCc1ncc(C(=O)OC(C)OC(=O)OC(C)C)[nH]1. The Bertz CT molecular complexity index is 455. The lowest BCUT2D eigenvalue weighted by atomic mass is 10.3. The number of aryl methyl sites for hydroxylation is 1. The fraction of sp³-hybridized carbons (Fsp3) is 0.615. The molecule has 0 bridgehead atoms. The molecule has 0 fully saturated rings. The Hall–Kier alpha value is -2.05. The number of carbonyl (C=O) groups excluding carboxylic acids is 2. The molecule has 0 spiro atoms. The molecular weight excluding hydrogens is 264 g/mol. The highest BCUT2D eigenvalue weighted by Gasteiger charge is 2.18. The molecule has 1 aromatic heterocycles. The van der Waals surface area contributed by atoms with Gasteiger partial charge in [0.25, 0.3) is 0 Å². The van der Waals surface area contributed by atoms with Crippen LogP contribution in [-0.2, 0) is 20.6 Å². The molecule has 20 heavy (non-hydrogen) atoms. The molecule has 1 atom stereocenters. The van der Waals surface area contributed by atoms with Gasteiger partial charge in [-0.15, -0.1) is 0 Å². The summed E-state index contributed by atoms with van der Waals surface area (Å²) in [6.07, 6.45) is 0.854. The van der Waals surface area contributed by atoms with E-state index < -0.39 is 18.4 Å². The standard InChI is InChI=1S/C13H20N2O5/c1-5-6-11-14-7-10(15-11)12(16)19-9(4)20-13(17)18-8(2)3/h7-9H,5-6H2,1-4H3,(H,14,15). The number of carbonyl (C=O) groups is 2. The summed E-state index contributed by atoms with van der Waals surface area (Å²) in [4.78, 5) is 29.9. The predicted octanol–water partition coefficient (Wildman–Crippen LogP) is 2.43. The lowest BCUT2D eigenvalue weighted by Crippen LogP contribution is -2.24. The van der Waals surface area contributed by atoms with Crippen LogP contribution in [0.3, 0.4) is 0 Å². The Balaban J connectivity index is 2.46. The van der Waals surface area contributed by atoms with Gasteiger partial charge in [-0.3, -0.25) is 0 Å². The maximum Gasteiger partial charge on any atom is 0.511 e.